The molecule has 0 aliphatic carbocycles. The second kappa shape index (κ2) is 10.0. The normalized spacial score (nSPS) is 11.8. The minimum atomic E-state index is -3.22. The van der Waals surface area contributed by atoms with Crippen molar-refractivity contribution in [2.45, 2.75) is 31.0 Å². The fourth-order valence-corrected chi connectivity index (χ4v) is 4.93. The van der Waals surface area contributed by atoms with E-state index in [1.54, 1.807) is 10.6 Å². The van der Waals surface area contributed by atoms with Crippen LogP contribution in [0.2, 0.25) is 0 Å². The van der Waals surface area contributed by atoms with E-state index in [-0.39, 0.29) is 11.3 Å². The number of nitrogens with zero attached hydrogens (tertiary/aromatic N) is 2. The second-order valence-corrected chi connectivity index (χ2v) is 9.79. The van der Waals surface area contributed by atoms with E-state index in [2.05, 4.69) is 21.8 Å². The van der Waals surface area contributed by atoms with Gasteiger partial charge in [0.25, 0.3) is 5.56 Å². The maximum Gasteiger partial charge on any atom is 0.262 e. The van der Waals surface area contributed by atoms with Crippen LogP contribution in [0.25, 0.3) is 10.9 Å². The highest BCUT2D eigenvalue weighted by Crippen LogP contribution is 2.19. The van der Waals surface area contributed by atoms with Gasteiger partial charge in [-0.25, -0.2) is 18.1 Å². The lowest BCUT2D eigenvalue weighted by Crippen LogP contribution is -2.24. The molecule has 0 aliphatic heterocycles. The molecule has 2 aromatic carbocycles. The number of hydrogen-bond donors (Lipinski definition) is 1. The first-order valence-electron chi connectivity index (χ1n) is 9.58. The summed E-state index contributed by atoms with van der Waals surface area (Å²) in [7, 11) is -1.81. The summed E-state index contributed by atoms with van der Waals surface area (Å²) in [5.74, 6) is 0.632. The average Bonchev–Trinajstić information content (AvgIpc) is 2.74. The molecular weight excluding hydrogens is 406 g/mol. The zero-order valence-electron chi connectivity index (χ0n) is 16.4. The average molecular weight is 432 g/mol. The number of aromatic nitrogens is 2. The van der Waals surface area contributed by atoms with Gasteiger partial charge < -0.3 is 0 Å². The molecule has 0 radical (unpaired) electrons. The van der Waals surface area contributed by atoms with E-state index in [0.717, 1.165) is 12.8 Å². The lowest BCUT2D eigenvalue weighted by Gasteiger charge is -2.13. The molecule has 0 fully saturated rings. The summed E-state index contributed by atoms with van der Waals surface area (Å²) in [4.78, 5) is 17.7. The van der Waals surface area contributed by atoms with Crippen molar-refractivity contribution in [3.05, 3.63) is 70.5 Å². The Bertz CT molecular complexity index is 1110. The third kappa shape index (κ3) is 5.91. The quantitative estimate of drug-likeness (QED) is 0.303. The highest BCUT2D eigenvalue weighted by molar-refractivity contribution is 7.99. The van der Waals surface area contributed by atoms with Gasteiger partial charge in [0.15, 0.2) is 5.16 Å². The Morgan fingerprint density at radius 2 is 1.76 bits per heavy atom. The van der Waals surface area contributed by atoms with Crippen molar-refractivity contribution in [3.8, 4) is 0 Å². The van der Waals surface area contributed by atoms with Crippen molar-refractivity contribution in [2.75, 3.05) is 18.6 Å². The van der Waals surface area contributed by atoms with Crippen molar-refractivity contribution < 1.29 is 8.42 Å². The fraction of sp³-hybridized carbons (Fsp3) is 0.333. The molecule has 0 saturated heterocycles. The monoisotopic (exact) mass is 431 g/mol. The number of thioether (sulfide) groups is 1. The van der Waals surface area contributed by atoms with E-state index in [1.807, 2.05) is 36.4 Å². The molecule has 0 spiro atoms. The van der Waals surface area contributed by atoms with Gasteiger partial charge >= 0.3 is 0 Å². The predicted octanol–water partition coefficient (Wildman–Crippen LogP) is 3.06. The van der Waals surface area contributed by atoms with Crippen LogP contribution in [-0.2, 0) is 23.0 Å². The molecule has 0 amide bonds. The summed E-state index contributed by atoms with van der Waals surface area (Å²) in [5.41, 5.74) is 1.86. The van der Waals surface area contributed by atoms with Gasteiger partial charge in [-0.1, -0.05) is 54.2 Å². The smallest absolute Gasteiger partial charge is 0.262 e. The Labute approximate surface area is 175 Å². The molecule has 8 heteroatoms. The van der Waals surface area contributed by atoms with Gasteiger partial charge in [-0.3, -0.25) is 9.36 Å². The molecule has 29 heavy (non-hydrogen) atoms. The Morgan fingerprint density at radius 3 is 2.52 bits per heavy atom. The standard InChI is InChI=1S/C21H25N3O3S2/c1-22-29(26,27)16-8-15-28-21-23-19-13-6-5-12-18(19)20(25)24(21)14-7-11-17-9-3-2-4-10-17/h2-6,9-10,12-13,22H,7-8,11,14-16H2,1H3. The van der Waals surface area contributed by atoms with E-state index in [4.69, 9.17) is 0 Å². The number of aryl methyl sites for hydroxylation is 1. The van der Waals surface area contributed by atoms with Crippen LogP contribution in [0.4, 0.5) is 0 Å². The van der Waals surface area contributed by atoms with Crippen LogP contribution in [0.1, 0.15) is 18.4 Å². The van der Waals surface area contributed by atoms with E-state index in [0.29, 0.717) is 34.8 Å². The lowest BCUT2D eigenvalue weighted by molar-refractivity contribution is 0.563. The van der Waals surface area contributed by atoms with Crippen LogP contribution in [0.3, 0.4) is 0 Å². The molecule has 1 heterocycles. The van der Waals surface area contributed by atoms with Crippen LogP contribution < -0.4 is 10.3 Å². The Kier molecular flexibility index (Phi) is 7.46. The molecule has 1 aromatic heterocycles. The van der Waals surface area contributed by atoms with Gasteiger partial charge in [0, 0.05) is 12.3 Å². The molecule has 3 rings (SSSR count). The molecule has 0 unspecified atom stereocenters. The number of fused-ring (bicyclic) bond motifs is 1. The third-order valence-corrected chi connectivity index (χ3v) is 7.13. The van der Waals surface area contributed by atoms with Gasteiger partial charge in [-0.15, -0.1) is 0 Å². The highest BCUT2D eigenvalue weighted by atomic mass is 32.2. The molecule has 0 aliphatic rings. The van der Waals surface area contributed by atoms with E-state index >= 15 is 0 Å². The van der Waals surface area contributed by atoms with Crippen molar-refractivity contribution in [3.63, 3.8) is 0 Å². The van der Waals surface area contributed by atoms with Gasteiger partial charge in [-0.05, 0) is 44.0 Å². The Morgan fingerprint density at radius 1 is 1.03 bits per heavy atom. The Hall–Kier alpha value is -2.16. The third-order valence-electron chi connectivity index (χ3n) is 4.62. The van der Waals surface area contributed by atoms with Crippen LogP contribution in [0, 0.1) is 0 Å². The number of hydrogen-bond acceptors (Lipinski definition) is 5. The maximum absolute atomic E-state index is 13.0. The van der Waals surface area contributed by atoms with Crippen molar-refractivity contribution >= 4 is 32.7 Å². The summed E-state index contributed by atoms with van der Waals surface area (Å²) < 4.78 is 27.2. The topological polar surface area (TPSA) is 81.1 Å². The van der Waals surface area contributed by atoms with Gasteiger partial charge in [-0.2, -0.15) is 0 Å². The first-order valence-corrected chi connectivity index (χ1v) is 12.2. The van der Waals surface area contributed by atoms with E-state index < -0.39 is 10.0 Å². The number of para-hydroxylation sites is 1. The van der Waals surface area contributed by atoms with Crippen molar-refractivity contribution in [1.82, 2.24) is 14.3 Å². The number of benzene rings is 2. The minimum absolute atomic E-state index is 0.0472. The Balaban J connectivity index is 1.76. The van der Waals surface area contributed by atoms with Crippen molar-refractivity contribution in [1.29, 1.82) is 0 Å². The van der Waals surface area contributed by atoms with Crippen molar-refractivity contribution in [2.24, 2.45) is 0 Å². The molecule has 1 N–H and O–H groups in total. The molecule has 154 valence electrons. The van der Waals surface area contributed by atoms with Crippen LogP contribution >= 0.6 is 11.8 Å². The molecule has 3 aromatic rings. The number of rotatable bonds is 10. The van der Waals surface area contributed by atoms with E-state index in [9.17, 15) is 13.2 Å². The van der Waals surface area contributed by atoms with Crippen LogP contribution in [-0.4, -0.2) is 36.5 Å². The lowest BCUT2D eigenvalue weighted by atomic mass is 10.1. The zero-order chi connectivity index (χ0) is 20.7. The van der Waals surface area contributed by atoms with Crippen LogP contribution in [0.5, 0.6) is 0 Å². The predicted molar refractivity (Wildman–Crippen MR) is 119 cm³/mol. The molecule has 6 nitrogen and oxygen atoms in total. The first-order chi connectivity index (χ1) is 14.0. The highest BCUT2D eigenvalue weighted by Gasteiger charge is 2.12. The summed E-state index contributed by atoms with van der Waals surface area (Å²) in [6.45, 7) is 0.572. The summed E-state index contributed by atoms with van der Waals surface area (Å²) in [6.07, 6.45) is 2.19. The number of nitrogens with one attached hydrogen (secondary N) is 1. The molecular formula is C21H25N3O3S2. The van der Waals surface area contributed by atoms with E-state index in [1.165, 1.54) is 24.4 Å². The van der Waals surface area contributed by atoms with Gasteiger partial charge in [0.2, 0.25) is 10.0 Å². The second-order valence-electron chi connectivity index (χ2n) is 6.68. The number of sulfonamides is 1. The van der Waals surface area contributed by atoms with Crippen LogP contribution in [0.15, 0.2) is 64.5 Å². The molecule has 0 saturated carbocycles. The maximum atomic E-state index is 13.0. The minimum Gasteiger partial charge on any atom is -0.287 e. The molecule has 0 bridgehead atoms. The largest absolute Gasteiger partial charge is 0.287 e. The zero-order valence-corrected chi connectivity index (χ0v) is 18.0. The summed E-state index contributed by atoms with van der Waals surface area (Å²) in [5, 5.41) is 1.25. The fourth-order valence-electron chi connectivity index (χ4n) is 3.06. The SMILES string of the molecule is CNS(=O)(=O)CCCSc1nc2ccccc2c(=O)n1CCCc1ccccc1. The van der Waals surface area contributed by atoms with Gasteiger partial charge in [0.05, 0.1) is 16.7 Å². The summed E-state index contributed by atoms with van der Waals surface area (Å²) in [6, 6.07) is 17.5. The van der Waals surface area contributed by atoms with Gasteiger partial charge in [0.1, 0.15) is 0 Å². The molecule has 0 atom stereocenters. The first kappa shape index (κ1) is 21.5. The summed E-state index contributed by atoms with van der Waals surface area (Å²) >= 11 is 1.43.